The van der Waals surface area contributed by atoms with Gasteiger partial charge in [0.1, 0.15) is 0 Å². The van der Waals surface area contributed by atoms with Crippen LogP contribution in [-0.4, -0.2) is 65.1 Å². The Morgan fingerprint density at radius 1 is 1.18 bits per heavy atom. The third-order valence-electron chi connectivity index (χ3n) is 5.84. The molecular formula is C21H30N6O. The number of carbonyl (C=O) groups excluding carboxylic acids is 1. The fourth-order valence-corrected chi connectivity index (χ4v) is 4.27. The quantitative estimate of drug-likeness (QED) is 0.875. The van der Waals surface area contributed by atoms with E-state index in [0.717, 1.165) is 45.7 Å². The number of nitrogens with zero attached hydrogens (tertiary/aromatic N) is 5. The van der Waals surface area contributed by atoms with Gasteiger partial charge in [0.15, 0.2) is 5.69 Å². The van der Waals surface area contributed by atoms with E-state index in [4.69, 9.17) is 0 Å². The van der Waals surface area contributed by atoms with Crippen molar-refractivity contribution in [3.05, 3.63) is 41.7 Å². The Bertz CT molecular complexity index is 798. The number of rotatable bonds is 4. The van der Waals surface area contributed by atoms with Crippen LogP contribution in [0.25, 0.3) is 0 Å². The fourth-order valence-electron chi connectivity index (χ4n) is 4.27. The lowest BCUT2D eigenvalue weighted by Gasteiger charge is -2.25. The number of hydrogen-bond donors (Lipinski definition) is 1. The van der Waals surface area contributed by atoms with Crippen LogP contribution < -0.4 is 10.2 Å². The van der Waals surface area contributed by atoms with Gasteiger partial charge >= 0.3 is 0 Å². The SMILES string of the molecule is Cc1ccccc1N1CCCN(C(=O)c2cn(C[C@H]3CCCNC3)nn2)CC1. The van der Waals surface area contributed by atoms with Crippen LogP contribution in [0.15, 0.2) is 30.5 Å². The number of amides is 1. The van der Waals surface area contributed by atoms with Crippen molar-refractivity contribution in [3.8, 4) is 0 Å². The summed E-state index contributed by atoms with van der Waals surface area (Å²) in [6.45, 7) is 8.38. The molecule has 150 valence electrons. The molecule has 2 aliphatic heterocycles. The van der Waals surface area contributed by atoms with Crippen LogP contribution in [0.4, 0.5) is 5.69 Å². The predicted molar refractivity (Wildman–Crippen MR) is 110 cm³/mol. The number of para-hydroxylation sites is 1. The number of aryl methyl sites for hydroxylation is 1. The second-order valence-corrected chi connectivity index (χ2v) is 7.96. The fraction of sp³-hybridized carbons (Fsp3) is 0.571. The highest BCUT2D eigenvalue weighted by Crippen LogP contribution is 2.21. The molecule has 0 saturated carbocycles. The monoisotopic (exact) mass is 382 g/mol. The molecule has 2 aromatic rings. The van der Waals surface area contributed by atoms with Gasteiger partial charge in [-0.3, -0.25) is 9.48 Å². The van der Waals surface area contributed by atoms with Crippen molar-refractivity contribution in [2.24, 2.45) is 5.92 Å². The molecule has 2 saturated heterocycles. The molecule has 1 atom stereocenters. The molecule has 7 heteroatoms. The van der Waals surface area contributed by atoms with E-state index in [0.29, 0.717) is 18.2 Å². The molecule has 2 aliphatic rings. The van der Waals surface area contributed by atoms with Crippen molar-refractivity contribution in [2.45, 2.75) is 32.7 Å². The van der Waals surface area contributed by atoms with Crippen LogP contribution in [0.2, 0.25) is 0 Å². The average molecular weight is 383 g/mol. The maximum atomic E-state index is 12.9. The molecule has 7 nitrogen and oxygen atoms in total. The molecule has 4 rings (SSSR count). The summed E-state index contributed by atoms with van der Waals surface area (Å²) in [4.78, 5) is 17.3. The smallest absolute Gasteiger partial charge is 0.276 e. The molecule has 3 heterocycles. The number of hydrogen-bond acceptors (Lipinski definition) is 5. The lowest BCUT2D eigenvalue weighted by Crippen LogP contribution is -2.35. The van der Waals surface area contributed by atoms with E-state index in [-0.39, 0.29) is 5.91 Å². The lowest BCUT2D eigenvalue weighted by molar-refractivity contribution is 0.0761. The number of aromatic nitrogens is 3. The molecule has 1 N–H and O–H groups in total. The minimum atomic E-state index is -0.000322. The molecule has 1 aromatic carbocycles. The van der Waals surface area contributed by atoms with Gasteiger partial charge in [0.25, 0.3) is 5.91 Å². The first-order valence-corrected chi connectivity index (χ1v) is 10.4. The van der Waals surface area contributed by atoms with Crippen LogP contribution in [0, 0.1) is 12.8 Å². The Balaban J connectivity index is 1.36. The van der Waals surface area contributed by atoms with E-state index in [2.05, 4.69) is 51.7 Å². The van der Waals surface area contributed by atoms with Gasteiger partial charge in [0, 0.05) is 38.4 Å². The zero-order valence-corrected chi connectivity index (χ0v) is 16.7. The normalized spacial score (nSPS) is 20.8. The van der Waals surface area contributed by atoms with Crippen molar-refractivity contribution in [2.75, 3.05) is 44.2 Å². The summed E-state index contributed by atoms with van der Waals surface area (Å²) in [7, 11) is 0. The van der Waals surface area contributed by atoms with Crippen molar-refractivity contribution in [1.29, 1.82) is 0 Å². The van der Waals surface area contributed by atoms with Gasteiger partial charge in [0.2, 0.25) is 0 Å². The van der Waals surface area contributed by atoms with Gasteiger partial charge in [-0.2, -0.15) is 0 Å². The number of piperidine rings is 1. The standard InChI is InChI=1S/C21H30N6O/c1-17-6-2-3-8-20(17)25-10-5-11-26(13-12-25)21(28)19-16-27(24-23-19)15-18-7-4-9-22-14-18/h2-3,6,8,16,18,22H,4-5,7,9-15H2,1H3/t18-/m0/s1. The van der Waals surface area contributed by atoms with Crippen molar-refractivity contribution in [3.63, 3.8) is 0 Å². The summed E-state index contributed by atoms with van der Waals surface area (Å²) in [6.07, 6.45) is 5.19. The Hall–Kier alpha value is -2.41. The average Bonchev–Trinajstić information content (AvgIpc) is 3.04. The van der Waals surface area contributed by atoms with E-state index in [1.54, 1.807) is 0 Å². The van der Waals surface area contributed by atoms with Gasteiger partial charge in [-0.15, -0.1) is 5.10 Å². The first-order valence-electron chi connectivity index (χ1n) is 10.4. The van der Waals surface area contributed by atoms with Gasteiger partial charge in [0.05, 0.1) is 6.20 Å². The number of carbonyl (C=O) groups is 1. The Kier molecular flexibility index (Phi) is 5.90. The molecular weight excluding hydrogens is 352 g/mol. The van der Waals surface area contributed by atoms with Crippen LogP contribution in [-0.2, 0) is 6.54 Å². The zero-order chi connectivity index (χ0) is 19.3. The molecule has 0 radical (unpaired) electrons. The Morgan fingerprint density at radius 2 is 2.07 bits per heavy atom. The first kappa shape index (κ1) is 18.9. The molecule has 0 unspecified atom stereocenters. The summed E-state index contributed by atoms with van der Waals surface area (Å²) in [5, 5.41) is 11.8. The molecule has 0 aliphatic carbocycles. The van der Waals surface area contributed by atoms with Gasteiger partial charge in [-0.25, -0.2) is 0 Å². The largest absolute Gasteiger partial charge is 0.369 e. The maximum Gasteiger partial charge on any atom is 0.276 e. The summed E-state index contributed by atoms with van der Waals surface area (Å²) >= 11 is 0. The minimum absolute atomic E-state index is 0.000322. The van der Waals surface area contributed by atoms with Crippen molar-refractivity contribution in [1.82, 2.24) is 25.2 Å². The highest BCUT2D eigenvalue weighted by Gasteiger charge is 2.23. The molecule has 0 spiro atoms. The van der Waals surface area contributed by atoms with E-state index in [1.165, 1.54) is 24.1 Å². The highest BCUT2D eigenvalue weighted by atomic mass is 16.2. The van der Waals surface area contributed by atoms with Crippen LogP contribution >= 0.6 is 0 Å². The first-order chi connectivity index (χ1) is 13.7. The molecule has 1 amide bonds. The summed E-state index contributed by atoms with van der Waals surface area (Å²) < 4.78 is 1.84. The highest BCUT2D eigenvalue weighted by molar-refractivity contribution is 5.92. The number of benzene rings is 1. The van der Waals surface area contributed by atoms with Crippen LogP contribution in [0.5, 0.6) is 0 Å². The van der Waals surface area contributed by atoms with E-state index >= 15 is 0 Å². The van der Waals surface area contributed by atoms with Crippen LogP contribution in [0.1, 0.15) is 35.3 Å². The van der Waals surface area contributed by atoms with Gasteiger partial charge in [-0.05, 0) is 56.8 Å². The third-order valence-corrected chi connectivity index (χ3v) is 5.84. The van der Waals surface area contributed by atoms with Crippen molar-refractivity contribution < 1.29 is 4.79 Å². The van der Waals surface area contributed by atoms with E-state index < -0.39 is 0 Å². The topological polar surface area (TPSA) is 66.3 Å². The molecule has 1 aromatic heterocycles. The second kappa shape index (κ2) is 8.73. The molecule has 28 heavy (non-hydrogen) atoms. The summed E-state index contributed by atoms with van der Waals surface area (Å²) in [6, 6.07) is 8.46. The second-order valence-electron chi connectivity index (χ2n) is 7.96. The van der Waals surface area contributed by atoms with E-state index in [9.17, 15) is 4.79 Å². The van der Waals surface area contributed by atoms with Crippen molar-refractivity contribution >= 4 is 11.6 Å². The van der Waals surface area contributed by atoms with Gasteiger partial charge in [-0.1, -0.05) is 23.4 Å². The number of nitrogens with one attached hydrogen (secondary N) is 1. The molecule has 0 bridgehead atoms. The molecule has 2 fully saturated rings. The van der Waals surface area contributed by atoms with Crippen LogP contribution in [0.3, 0.4) is 0 Å². The van der Waals surface area contributed by atoms with Gasteiger partial charge < -0.3 is 15.1 Å². The van der Waals surface area contributed by atoms with E-state index in [1.807, 2.05) is 15.8 Å². The summed E-state index contributed by atoms with van der Waals surface area (Å²) in [5.41, 5.74) is 3.01. The third kappa shape index (κ3) is 4.35. The lowest BCUT2D eigenvalue weighted by atomic mass is 10.00. The minimum Gasteiger partial charge on any atom is -0.369 e. The summed E-state index contributed by atoms with van der Waals surface area (Å²) in [5.74, 6) is 0.568. The number of anilines is 1. The Labute approximate surface area is 166 Å². The zero-order valence-electron chi connectivity index (χ0n) is 16.7. The maximum absolute atomic E-state index is 12.9. The Morgan fingerprint density at radius 3 is 2.89 bits per heavy atom. The predicted octanol–water partition coefficient (Wildman–Crippen LogP) is 1.94.